The summed E-state index contributed by atoms with van der Waals surface area (Å²) in [6.07, 6.45) is 3.17. The molecule has 18 heavy (non-hydrogen) atoms. The van der Waals surface area contributed by atoms with Crippen LogP contribution < -0.4 is 5.32 Å². The molecular weight excluding hydrogens is 236 g/mol. The van der Waals surface area contributed by atoms with Crippen LogP contribution in [-0.2, 0) is 7.05 Å². The van der Waals surface area contributed by atoms with E-state index in [1.165, 1.54) is 30.5 Å². The molecule has 0 radical (unpaired) electrons. The Labute approximate surface area is 102 Å². The van der Waals surface area contributed by atoms with Gasteiger partial charge in [-0.3, -0.25) is 19.6 Å². The molecule has 1 aromatic heterocycles. The minimum atomic E-state index is -0.511. The molecule has 0 aliphatic rings. The molecule has 2 rings (SSSR count). The number of non-ortho nitro benzene ring substituents is 1. The Morgan fingerprint density at radius 1 is 1.39 bits per heavy atom. The first-order valence-corrected chi connectivity index (χ1v) is 5.11. The molecule has 0 bridgehead atoms. The van der Waals surface area contributed by atoms with Gasteiger partial charge >= 0.3 is 0 Å². The quantitative estimate of drug-likeness (QED) is 0.657. The molecule has 92 valence electrons. The number of nitrogens with zero attached hydrogens (tertiary/aromatic N) is 3. The van der Waals surface area contributed by atoms with E-state index < -0.39 is 4.92 Å². The van der Waals surface area contributed by atoms with Crippen molar-refractivity contribution < 1.29 is 9.72 Å². The van der Waals surface area contributed by atoms with Crippen LogP contribution in [-0.4, -0.2) is 20.6 Å². The maximum atomic E-state index is 11.8. The van der Waals surface area contributed by atoms with Crippen LogP contribution in [0.3, 0.4) is 0 Å². The van der Waals surface area contributed by atoms with Crippen LogP contribution in [0.2, 0.25) is 0 Å². The molecule has 0 unspecified atom stereocenters. The Bertz CT molecular complexity index is 589. The van der Waals surface area contributed by atoms with Gasteiger partial charge in [0.25, 0.3) is 11.6 Å². The maximum absolute atomic E-state index is 11.8. The van der Waals surface area contributed by atoms with Crippen LogP contribution in [0.15, 0.2) is 36.7 Å². The lowest BCUT2D eigenvalue weighted by Gasteiger charge is -2.01. The number of aromatic nitrogens is 2. The number of aryl methyl sites for hydroxylation is 1. The van der Waals surface area contributed by atoms with E-state index >= 15 is 0 Å². The summed E-state index contributed by atoms with van der Waals surface area (Å²) >= 11 is 0. The van der Waals surface area contributed by atoms with Gasteiger partial charge in [0.15, 0.2) is 0 Å². The zero-order chi connectivity index (χ0) is 13.1. The van der Waals surface area contributed by atoms with Crippen molar-refractivity contribution >= 4 is 17.3 Å². The summed E-state index contributed by atoms with van der Waals surface area (Å²) in [6.45, 7) is 0. The second-order valence-electron chi connectivity index (χ2n) is 3.66. The van der Waals surface area contributed by atoms with E-state index in [4.69, 9.17) is 0 Å². The Hall–Kier alpha value is -2.70. The van der Waals surface area contributed by atoms with E-state index in [1.807, 2.05) is 0 Å². The summed E-state index contributed by atoms with van der Waals surface area (Å²) in [5.74, 6) is -0.335. The summed E-state index contributed by atoms with van der Waals surface area (Å²) in [7, 11) is 1.74. The molecule has 1 N–H and O–H groups in total. The lowest BCUT2D eigenvalue weighted by atomic mass is 10.2. The Morgan fingerprint density at radius 2 is 2.06 bits per heavy atom. The van der Waals surface area contributed by atoms with E-state index in [-0.39, 0.29) is 11.6 Å². The lowest BCUT2D eigenvalue weighted by Crippen LogP contribution is -2.11. The second kappa shape index (κ2) is 4.66. The molecule has 0 spiro atoms. The molecule has 0 saturated heterocycles. The monoisotopic (exact) mass is 246 g/mol. The van der Waals surface area contributed by atoms with Crippen LogP contribution in [0.1, 0.15) is 10.4 Å². The van der Waals surface area contributed by atoms with Crippen molar-refractivity contribution in [3.8, 4) is 0 Å². The highest BCUT2D eigenvalue weighted by molar-refractivity contribution is 6.04. The summed E-state index contributed by atoms with van der Waals surface area (Å²) in [5.41, 5.74) is 0.873. The fourth-order valence-electron chi connectivity index (χ4n) is 1.42. The average Bonchev–Trinajstić information content (AvgIpc) is 2.75. The van der Waals surface area contributed by atoms with Gasteiger partial charge in [-0.25, -0.2) is 0 Å². The van der Waals surface area contributed by atoms with Crippen molar-refractivity contribution in [1.29, 1.82) is 0 Å². The normalized spacial score (nSPS) is 10.1. The van der Waals surface area contributed by atoms with Crippen LogP contribution >= 0.6 is 0 Å². The number of carbonyl (C=O) groups excluding carboxylic acids is 1. The van der Waals surface area contributed by atoms with Gasteiger partial charge in [0.2, 0.25) is 0 Å². The second-order valence-corrected chi connectivity index (χ2v) is 3.66. The van der Waals surface area contributed by atoms with E-state index in [0.717, 1.165) is 0 Å². The van der Waals surface area contributed by atoms with Crippen LogP contribution in [0.4, 0.5) is 11.4 Å². The number of nitro groups is 1. The number of amides is 1. The van der Waals surface area contributed by atoms with Gasteiger partial charge in [0, 0.05) is 30.9 Å². The number of hydrogen-bond acceptors (Lipinski definition) is 4. The first-order valence-electron chi connectivity index (χ1n) is 5.11. The van der Waals surface area contributed by atoms with Gasteiger partial charge in [-0.1, -0.05) is 0 Å². The molecule has 1 heterocycles. The Kier molecular flexibility index (Phi) is 3.05. The first-order chi connectivity index (χ1) is 8.56. The largest absolute Gasteiger partial charge is 0.319 e. The number of carbonyl (C=O) groups is 1. The molecule has 1 amide bonds. The number of rotatable bonds is 3. The molecule has 0 saturated carbocycles. The Balaban J connectivity index is 2.11. The third-order valence-corrected chi connectivity index (χ3v) is 2.30. The van der Waals surface area contributed by atoms with E-state index in [2.05, 4.69) is 10.4 Å². The fourth-order valence-corrected chi connectivity index (χ4v) is 1.42. The highest BCUT2D eigenvalue weighted by atomic mass is 16.6. The summed E-state index contributed by atoms with van der Waals surface area (Å²) in [6, 6.07) is 5.39. The number of nitro benzene ring substituents is 1. The predicted octanol–water partition coefficient (Wildman–Crippen LogP) is 1.58. The lowest BCUT2D eigenvalue weighted by molar-refractivity contribution is -0.384. The van der Waals surface area contributed by atoms with Crippen LogP contribution in [0.25, 0.3) is 0 Å². The van der Waals surface area contributed by atoms with Crippen LogP contribution in [0.5, 0.6) is 0 Å². The fraction of sp³-hybridized carbons (Fsp3) is 0.0909. The third-order valence-electron chi connectivity index (χ3n) is 2.30. The number of benzene rings is 1. The topological polar surface area (TPSA) is 90.1 Å². The molecule has 7 nitrogen and oxygen atoms in total. The van der Waals surface area contributed by atoms with Gasteiger partial charge < -0.3 is 5.32 Å². The van der Waals surface area contributed by atoms with Crippen LogP contribution in [0, 0.1) is 10.1 Å². The smallest absolute Gasteiger partial charge is 0.269 e. The molecule has 0 fully saturated rings. The zero-order valence-electron chi connectivity index (χ0n) is 9.53. The van der Waals surface area contributed by atoms with Gasteiger partial charge in [0.05, 0.1) is 16.8 Å². The van der Waals surface area contributed by atoms with E-state index in [0.29, 0.717) is 11.3 Å². The van der Waals surface area contributed by atoms with Crippen molar-refractivity contribution in [1.82, 2.24) is 9.78 Å². The summed E-state index contributed by atoms with van der Waals surface area (Å²) in [5, 5.41) is 17.0. The van der Waals surface area contributed by atoms with Gasteiger partial charge in [-0.15, -0.1) is 0 Å². The van der Waals surface area contributed by atoms with Crippen molar-refractivity contribution in [3.63, 3.8) is 0 Å². The number of anilines is 1. The highest BCUT2D eigenvalue weighted by Crippen LogP contribution is 2.13. The minimum absolute atomic E-state index is 0.0482. The summed E-state index contributed by atoms with van der Waals surface area (Å²) < 4.78 is 1.56. The van der Waals surface area contributed by atoms with Crippen molar-refractivity contribution in [2.45, 2.75) is 0 Å². The van der Waals surface area contributed by atoms with E-state index in [9.17, 15) is 14.9 Å². The maximum Gasteiger partial charge on any atom is 0.269 e. The molecule has 7 heteroatoms. The molecule has 1 aromatic carbocycles. The predicted molar refractivity (Wildman–Crippen MR) is 64.3 cm³/mol. The highest BCUT2D eigenvalue weighted by Gasteiger charge is 2.10. The summed E-state index contributed by atoms with van der Waals surface area (Å²) in [4.78, 5) is 21.7. The molecule has 2 aromatic rings. The standard InChI is InChI=1S/C11H10N4O3/c1-14-7-9(6-12-14)13-11(16)8-2-4-10(5-3-8)15(17)18/h2-7H,1H3,(H,13,16). The number of nitrogens with one attached hydrogen (secondary N) is 1. The van der Waals surface area contributed by atoms with E-state index in [1.54, 1.807) is 17.9 Å². The van der Waals surface area contributed by atoms with Crippen molar-refractivity contribution in [2.75, 3.05) is 5.32 Å². The van der Waals surface area contributed by atoms with Crippen molar-refractivity contribution in [2.24, 2.45) is 7.05 Å². The average molecular weight is 246 g/mol. The molecular formula is C11H10N4O3. The first kappa shape index (κ1) is 11.8. The van der Waals surface area contributed by atoms with Gasteiger partial charge in [-0.2, -0.15) is 5.10 Å². The van der Waals surface area contributed by atoms with Crippen molar-refractivity contribution in [3.05, 3.63) is 52.3 Å². The minimum Gasteiger partial charge on any atom is -0.319 e. The van der Waals surface area contributed by atoms with Gasteiger partial charge in [0.1, 0.15) is 0 Å². The third kappa shape index (κ3) is 2.51. The molecule has 0 atom stereocenters. The SMILES string of the molecule is Cn1cc(NC(=O)c2ccc([N+](=O)[O-])cc2)cn1. The number of hydrogen-bond donors (Lipinski definition) is 1. The Morgan fingerprint density at radius 3 is 2.56 bits per heavy atom. The molecule has 0 aliphatic carbocycles. The molecule has 0 aliphatic heterocycles. The van der Waals surface area contributed by atoms with Gasteiger partial charge in [-0.05, 0) is 12.1 Å². The zero-order valence-corrected chi connectivity index (χ0v) is 9.53.